The van der Waals surface area contributed by atoms with Crippen molar-refractivity contribution in [2.45, 2.75) is 18.3 Å². The van der Waals surface area contributed by atoms with Gasteiger partial charge in [-0.3, -0.25) is 0 Å². The molecule has 2 rings (SSSR count). The van der Waals surface area contributed by atoms with Crippen LogP contribution in [0.2, 0.25) is 0 Å². The van der Waals surface area contributed by atoms with Gasteiger partial charge in [0.2, 0.25) is 0 Å². The van der Waals surface area contributed by atoms with Crippen molar-refractivity contribution < 1.29 is 8.42 Å². The van der Waals surface area contributed by atoms with E-state index in [4.69, 9.17) is 5.73 Å². The molecule has 1 heterocycles. The number of nitrogens with zero attached hydrogens (tertiary/aromatic N) is 1. The molecule has 1 saturated heterocycles. The Labute approximate surface area is 119 Å². The van der Waals surface area contributed by atoms with E-state index in [9.17, 15) is 8.42 Å². The van der Waals surface area contributed by atoms with Gasteiger partial charge in [-0.25, -0.2) is 8.42 Å². The predicted octanol–water partition coefficient (Wildman–Crippen LogP) is 1.63. The molecule has 2 N–H and O–H groups in total. The van der Waals surface area contributed by atoms with Crippen molar-refractivity contribution >= 4 is 27.3 Å². The van der Waals surface area contributed by atoms with Gasteiger partial charge >= 0.3 is 0 Å². The zero-order chi connectivity index (χ0) is 14.0. The topological polar surface area (TPSA) is 63.4 Å². The summed E-state index contributed by atoms with van der Waals surface area (Å²) in [7, 11) is -3.10. The fourth-order valence-corrected chi connectivity index (χ4v) is 5.18. The zero-order valence-corrected chi connectivity index (χ0v) is 12.9. The van der Waals surface area contributed by atoms with Crippen LogP contribution < -0.4 is 10.6 Å². The first-order valence-electron chi connectivity index (χ1n) is 6.29. The molecule has 106 valence electrons. The van der Waals surface area contributed by atoms with Gasteiger partial charge in [-0.1, -0.05) is 18.2 Å². The van der Waals surface area contributed by atoms with E-state index in [2.05, 4.69) is 0 Å². The summed E-state index contributed by atoms with van der Waals surface area (Å²) >= 11 is 1.69. The molecule has 1 aliphatic heterocycles. The first kappa shape index (κ1) is 14.7. The maximum Gasteiger partial charge on any atom is 0.169 e. The smallest absolute Gasteiger partial charge is 0.169 e. The van der Waals surface area contributed by atoms with Crippen LogP contribution in [-0.2, 0) is 9.84 Å². The number of anilines is 1. The lowest BCUT2D eigenvalue weighted by Gasteiger charge is -2.37. The third kappa shape index (κ3) is 3.24. The Kier molecular flexibility index (Phi) is 4.43. The summed E-state index contributed by atoms with van der Waals surface area (Å²) < 4.78 is 23.9. The van der Waals surface area contributed by atoms with Gasteiger partial charge in [-0.2, -0.15) is 11.8 Å². The Morgan fingerprint density at radius 2 is 2.11 bits per heavy atom. The second-order valence-corrected chi connectivity index (χ2v) is 8.25. The molecule has 0 aliphatic carbocycles. The molecule has 0 spiro atoms. The second-order valence-electron chi connectivity index (χ2n) is 4.90. The van der Waals surface area contributed by atoms with E-state index < -0.39 is 15.2 Å². The van der Waals surface area contributed by atoms with E-state index >= 15 is 0 Å². The molecule has 2 atom stereocenters. The van der Waals surface area contributed by atoms with Crippen LogP contribution in [0.25, 0.3) is 0 Å². The third-order valence-electron chi connectivity index (χ3n) is 3.32. The highest BCUT2D eigenvalue weighted by Crippen LogP contribution is 2.31. The summed E-state index contributed by atoms with van der Waals surface area (Å²) in [5.74, 6) is 1.56. The molecule has 19 heavy (non-hydrogen) atoms. The fourth-order valence-electron chi connectivity index (χ4n) is 2.35. The number of rotatable bonds is 3. The van der Waals surface area contributed by atoms with Crippen LogP contribution in [0, 0.1) is 0 Å². The highest BCUT2D eigenvalue weighted by Gasteiger charge is 2.32. The number of sulfone groups is 1. The van der Waals surface area contributed by atoms with E-state index in [-0.39, 0.29) is 6.04 Å². The van der Waals surface area contributed by atoms with Crippen molar-refractivity contribution in [3.8, 4) is 0 Å². The lowest BCUT2D eigenvalue weighted by molar-refractivity contribution is 0.584. The van der Waals surface area contributed by atoms with Crippen LogP contribution in [0.1, 0.15) is 18.5 Å². The largest absolute Gasteiger partial charge is 0.353 e. The van der Waals surface area contributed by atoms with E-state index in [1.165, 1.54) is 6.26 Å². The number of nitrogens with two attached hydrogens (primary N) is 1. The fraction of sp³-hybridized carbons (Fsp3) is 0.538. The molecule has 1 aromatic rings. The van der Waals surface area contributed by atoms with E-state index in [0.29, 0.717) is 5.75 Å². The molecule has 1 fully saturated rings. The Balaban J connectivity index is 2.44. The molecular formula is C13H20N2O2S2. The Hall–Kier alpha value is -0.720. The minimum Gasteiger partial charge on any atom is -0.353 e. The van der Waals surface area contributed by atoms with Crippen molar-refractivity contribution in [3.05, 3.63) is 29.8 Å². The highest BCUT2D eigenvalue weighted by atomic mass is 32.2. The second kappa shape index (κ2) is 5.73. The summed E-state index contributed by atoms with van der Waals surface area (Å²) in [6, 6.07) is 7.71. The molecule has 6 heteroatoms. The van der Waals surface area contributed by atoms with Crippen LogP contribution in [0.15, 0.2) is 24.3 Å². The van der Waals surface area contributed by atoms with Crippen LogP contribution in [0.5, 0.6) is 0 Å². The summed E-state index contributed by atoms with van der Waals surface area (Å²) in [4.78, 5) is 1.99. The summed E-state index contributed by atoms with van der Waals surface area (Å²) in [5.41, 5.74) is 7.95. The predicted molar refractivity (Wildman–Crippen MR) is 82.3 cm³/mol. The normalized spacial score (nSPS) is 22.3. The maximum atomic E-state index is 12.0. The molecule has 2 unspecified atom stereocenters. The SMILES string of the molecule is CC(N)c1ccccc1N1CCSCC1S(C)(=O)=O. The van der Waals surface area contributed by atoms with Crippen molar-refractivity contribution in [2.75, 3.05) is 29.2 Å². The summed E-state index contributed by atoms with van der Waals surface area (Å²) in [6.07, 6.45) is 1.31. The molecule has 1 aromatic carbocycles. The quantitative estimate of drug-likeness (QED) is 0.919. The van der Waals surface area contributed by atoms with Gasteiger partial charge < -0.3 is 10.6 Å². The number of hydrogen-bond donors (Lipinski definition) is 1. The zero-order valence-electron chi connectivity index (χ0n) is 11.2. The van der Waals surface area contributed by atoms with E-state index in [0.717, 1.165) is 23.5 Å². The number of thioether (sulfide) groups is 1. The number of para-hydroxylation sites is 1. The van der Waals surface area contributed by atoms with Gasteiger partial charge in [0.25, 0.3) is 0 Å². The third-order valence-corrected chi connectivity index (χ3v) is 5.96. The highest BCUT2D eigenvalue weighted by molar-refractivity contribution is 8.01. The molecule has 0 bridgehead atoms. The molecule has 0 amide bonds. The molecule has 0 aromatic heterocycles. The maximum absolute atomic E-state index is 12.0. The standard InChI is InChI=1S/C13H20N2O2S2/c1-10(14)11-5-3-4-6-12(11)15-7-8-18-9-13(15)19(2,16)17/h3-6,10,13H,7-9,14H2,1-2H3. The first-order valence-corrected chi connectivity index (χ1v) is 9.40. The lowest BCUT2D eigenvalue weighted by Crippen LogP contribution is -2.47. The van der Waals surface area contributed by atoms with E-state index in [1.807, 2.05) is 36.1 Å². The van der Waals surface area contributed by atoms with Crippen molar-refractivity contribution in [3.63, 3.8) is 0 Å². The van der Waals surface area contributed by atoms with Crippen molar-refractivity contribution in [1.82, 2.24) is 0 Å². The number of benzene rings is 1. The number of hydrogen-bond acceptors (Lipinski definition) is 5. The van der Waals surface area contributed by atoms with Gasteiger partial charge in [0.1, 0.15) is 5.37 Å². The average Bonchev–Trinajstić information content (AvgIpc) is 2.37. The summed E-state index contributed by atoms with van der Waals surface area (Å²) in [6.45, 7) is 2.67. The Morgan fingerprint density at radius 3 is 2.74 bits per heavy atom. The summed E-state index contributed by atoms with van der Waals surface area (Å²) in [5, 5.41) is -0.453. The molecular weight excluding hydrogens is 280 g/mol. The monoisotopic (exact) mass is 300 g/mol. The van der Waals surface area contributed by atoms with Crippen LogP contribution in [0.4, 0.5) is 5.69 Å². The molecule has 0 saturated carbocycles. The van der Waals surface area contributed by atoms with E-state index in [1.54, 1.807) is 11.8 Å². The van der Waals surface area contributed by atoms with Gasteiger partial charge in [-0.05, 0) is 18.6 Å². The van der Waals surface area contributed by atoms with Crippen LogP contribution >= 0.6 is 11.8 Å². The van der Waals surface area contributed by atoms with Gasteiger partial charge in [0.05, 0.1) is 0 Å². The average molecular weight is 300 g/mol. The van der Waals surface area contributed by atoms with Crippen LogP contribution in [0.3, 0.4) is 0 Å². The van der Waals surface area contributed by atoms with Crippen molar-refractivity contribution in [1.29, 1.82) is 0 Å². The Morgan fingerprint density at radius 1 is 1.42 bits per heavy atom. The molecule has 0 radical (unpaired) electrons. The van der Waals surface area contributed by atoms with Gasteiger partial charge in [0.15, 0.2) is 9.84 Å². The van der Waals surface area contributed by atoms with Gasteiger partial charge in [0, 0.05) is 36.0 Å². The minimum atomic E-state index is -3.10. The van der Waals surface area contributed by atoms with Crippen molar-refractivity contribution in [2.24, 2.45) is 5.73 Å². The molecule has 1 aliphatic rings. The lowest BCUT2D eigenvalue weighted by atomic mass is 10.1. The Bertz CT molecular complexity index is 543. The molecule has 4 nitrogen and oxygen atoms in total. The van der Waals surface area contributed by atoms with Crippen LogP contribution in [-0.4, -0.2) is 38.1 Å². The first-order chi connectivity index (χ1) is 8.91. The minimum absolute atomic E-state index is 0.106. The van der Waals surface area contributed by atoms with Gasteiger partial charge in [-0.15, -0.1) is 0 Å².